The first-order chi connectivity index (χ1) is 35.3. The number of nitrogens with one attached hydrogen (secondary N) is 4. The molecule has 4 heterocycles. The van der Waals surface area contributed by atoms with Crippen LogP contribution in [-0.4, -0.2) is 184 Å². The summed E-state index contributed by atoms with van der Waals surface area (Å²) in [6, 6.07) is 13.6. The number of benzene rings is 2. The number of fused-ring (bicyclic) bond motifs is 3. The molecule has 20 atom stereocenters. The molecule has 2 saturated carbocycles. The smallest absolute Gasteiger partial charge is 0.410 e. The summed E-state index contributed by atoms with van der Waals surface area (Å²) in [4.78, 5) is 53.3. The Morgan fingerprint density at radius 2 is 1.30 bits per heavy atom. The van der Waals surface area contributed by atoms with Crippen molar-refractivity contribution in [2.75, 3.05) is 13.7 Å². The highest BCUT2D eigenvalue weighted by Crippen LogP contribution is 2.43. The van der Waals surface area contributed by atoms with Crippen molar-refractivity contribution in [3.8, 4) is 0 Å². The maximum absolute atomic E-state index is 13.3. The van der Waals surface area contributed by atoms with E-state index in [1.54, 1.807) is 76.2 Å². The van der Waals surface area contributed by atoms with Crippen LogP contribution >= 0.6 is 0 Å². The predicted molar refractivity (Wildman–Crippen MR) is 257 cm³/mol. The number of rotatable bonds is 14. The van der Waals surface area contributed by atoms with Gasteiger partial charge in [0.05, 0.1) is 30.8 Å². The molecule has 2 aliphatic carbocycles. The van der Waals surface area contributed by atoms with E-state index in [0.717, 1.165) is 11.1 Å². The predicted octanol–water partition coefficient (Wildman–Crippen LogP) is 1.88. The second-order valence-electron chi connectivity index (χ2n) is 21.4. The molecule has 2 aromatic carbocycles. The highest BCUT2D eigenvalue weighted by Gasteiger charge is 2.61. The van der Waals surface area contributed by atoms with Crippen molar-refractivity contribution in [1.29, 1.82) is 0 Å². The standard InChI is InChI=1S/C51H73N5O18/c1-25-19-29(17-18-30(25)53-49(64)74-51(3,4)5)52-35-34(22-57)69-46(40(61)38(35)59)73-45-36-43(72-50(65)56(36)6)42-33(68-45)20-26(2)44(71-42)70-41-32(55-48(63)67-24-28-15-11-8-12-16-28)21-31(37(58)39(41)60)54-47(62)66-23-27-13-9-7-10-14-27/h7-16,25-26,29-46,52,57-61H,17-24H2,1-6H3,(H,53,64)(H,54,62)(H,55,63)/t25?,26?,29-,30-,31-,32?,33+,34?,35-,36?,37?,38+,39-,40?,41-,42?,43?,44+,45?,46-/m1/s1. The summed E-state index contributed by atoms with van der Waals surface area (Å²) in [6.07, 6.45) is -16.5. The van der Waals surface area contributed by atoms with Gasteiger partial charge in [0.25, 0.3) is 0 Å². The van der Waals surface area contributed by atoms with Crippen LogP contribution in [0.15, 0.2) is 60.7 Å². The van der Waals surface area contributed by atoms with Gasteiger partial charge in [0.2, 0.25) is 0 Å². The minimum atomic E-state index is -1.69. The Labute approximate surface area is 429 Å². The van der Waals surface area contributed by atoms with E-state index < -0.39 is 140 Å². The molecular weight excluding hydrogens is 971 g/mol. The molecule has 10 unspecified atom stereocenters. The maximum Gasteiger partial charge on any atom is 0.410 e. The van der Waals surface area contributed by atoms with E-state index in [9.17, 15) is 44.7 Å². The van der Waals surface area contributed by atoms with Crippen molar-refractivity contribution in [3.05, 3.63) is 71.8 Å². The Bertz CT molecular complexity index is 2190. The molecule has 4 saturated heterocycles. The summed E-state index contributed by atoms with van der Waals surface area (Å²) in [5.41, 5.74) is 0.811. The normalized spacial score (nSPS) is 38.1. The lowest BCUT2D eigenvalue weighted by Crippen LogP contribution is -2.69. The van der Waals surface area contributed by atoms with Gasteiger partial charge in [0.15, 0.2) is 25.0 Å². The van der Waals surface area contributed by atoms with E-state index in [2.05, 4.69) is 21.3 Å². The number of ether oxygens (including phenoxy) is 9. The van der Waals surface area contributed by atoms with Crippen molar-refractivity contribution >= 4 is 24.4 Å². The van der Waals surface area contributed by atoms with Gasteiger partial charge in [-0.2, -0.15) is 0 Å². The lowest BCUT2D eigenvalue weighted by Gasteiger charge is -2.51. The zero-order valence-corrected chi connectivity index (χ0v) is 42.5. The summed E-state index contributed by atoms with van der Waals surface area (Å²) in [7, 11) is 1.48. The lowest BCUT2D eigenvalue weighted by molar-refractivity contribution is -0.376. The van der Waals surface area contributed by atoms with Gasteiger partial charge < -0.3 is 89.4 Å². The van der Waals surface area contributed by atoms with Crippen molar-refractivity contribution in [1.82, 2.24) is 26.2 Å². The van der Waals surface area contributed by atoms with Crippen LogP contribution in [0.1, 0.15) is 77.8 Å². The van der Waals surface area contributed by atoms with Crippen molar-refractivity contribution in [3.63, 3.8) is 0 Å². The van der Waals surface area contributed by atoms with E-state index in [1.807, 2.05) is 19.1 Å². The fourth-order valence-corrected chi connectivity index (χ4v) is 10.8. The average molecular weight is 1040 g/mol. The van der Waals surface area contributed by atoms with Gasteiger partial charge in [-0.1, -0.05) is 74.5 Å². The maximum atomic E-state index is 13.3. The zero-order valence-electron chi connectivity index (χ0n) is 42.5. The monoisotopic (exact) mass is 1040 g/mol. The van der Waals surface area contributed by atoms with Crippen molar-refractivity contribution in [2.45, 2.75) is 196 Å². The first-order valence-corrected chi connectivity index (χ1v) is 25.5. The topological polar surface area (TPSA) is 304 Å². The van der Waals surface area contributed by atoms with E-state index in [-0.39, 0.29) is 44.1 Å². The molecule has 9 N–H and O–H groups in total. The van der Waals surface area contributed by atoms with Crippen LogP contribution in [0.25, 0.3) is 0 Å². The quantitative estimate of drug-likeness (QED) is 0.122. The van der Waals surface area contributed by atoms with Gasteiger partial charge in [-0.05, 0) is 69.9 Å². The number of amides is 4. The third-order valence-electron chi connectivity index (χ3n) is 14.7. The molecule has 23 nitrogen and oxygen atoms in total. The Balaban J connectivity index is 0.910. The van der Waals surface area contributed by atoms with Crippen LogP contribution in [-0.2, 0) is 55.8 Å². The number of aliphatic hydroxyl groups is 5. The number of aliphatic hydroxyl groups excluding tert-OH is 5. The molecule has 6 fully saturated rings. The van der Waals surface area contributed by atoms with Crippen molar-refractivity contribution in [2.24, 2.45) is 11.8 Å². The molecule has 0 bridgehead atoms. The first kappa shape index (κ1) is 55.3. The number of alkyl carbamates (subject to hydrolysis) is 3. The van der Waals surface area contributed by atoms with Gasteiger partial charge in [0.1, 0.15) is 67.6 Å². The van der Waals surface area contributed by atoms with Gasteiger partial charge in [-0.15, -0.1) is 0 Å². The Morgan fingerprint density at radius 1 is 0.676 bits per heavy atom. The molecule has 410 valence electrons. The minimum Gasteiger partial charge on any atom is -0.445 e. The fraction of sp³-hybridized carbons (Fsp3) is 0.686. The summed E-state index contributed by atoms with van der Waals surface area (Å²) < 4.78 is 54.2. The SMILES string of the molecule is CC1C[C@@H]2OC(O[C@H]3OC(CO)[C@@H](N[C@@H]4CC[C@@H](NC(=O)OC(C)(C)C)C(C)C4)[C@H](O)C3O)C3C(OC(=O)N3C)C2O[C@@H]1O[C@@H]1C(NC(=O)OCc2ccccc2)C[C@@H](NC(=O)OCc2ccccc2)C(O)[C@H]1O. The molecule has 4 amide bonds. The Kier molecular flexibility index (Phi) is 17.9. The number of hydrogen-bond acceptors (Lipinski definition) is 19. The first-order valence-electron chi connectivity index (χ1n) is 25.5. The van der Waals surface area contributed by atoms with Crippen LogP contribution < -0.4 is 21.3 Å². The van der Waals surface area contributed by atoms with Gasteiger partial charge >= 0.3 is 24.4 Å². The number of carbonyl (C=O) groups is 4. The van der Waals surface area contributed by atoms with Crippen LogP contribution in [0, 0.1) is 11.8 Å². The summed E-state index contributed by atoms with van der Waals surface area (Å²) in [5, 5.41) is 68.5. The highest BCUT2D eigenvalue weighted by atomic mass is 16.8. The molecule has 8 rings (SSSR count). The van der Waals surface area contributed by atoms with Gasteiger partial charge in [0, 0.05) is 25.0 Å². The van der Waals surface area contributed by atoms with Crippen molar-refractivity contribution < 1.29 is 87.3 Å². The Hall–Kier alpha value is -4.92. The zero-order chi connectivity index (χ0) is 53.0. The molecule has 0 radical (unpaired) electrons. The van der Waals surface area contributed by atoms with Crippen LogP contribution in [0.2, 0.25) is 0 Å². The van der Waals surface area contributed by atoms with Gasteiger partial charge in [-0.3, -0.25) is 4.90 Å². The molecule has 0 aromatic heterocycles. The summed E-state index contributed by atoms with van der Waals surface area (Å²) in [5.74, 6) is -0.468. The van der Waals surface area contributed by atoms with E-state index >= 15 is 0 Å². The second kappa shape index (κ2) is 24.0. The third-order valence-corrected chi connectivity index (χ3v) is 14.7. The summed E-state index contributed by atoms with van der Waals surface area (Å²) in [6.45, 7) is 8.52. The van der Waals surface area contributed by atoms with E-state index in [0.29, 0.717) is 19.3 Å². The number of nitrogens with zero attached hydrogens (tertiary/aromatic N) is 1. The minimum absolute atomic E-state index is 0.0349. The van der Waals surface area contributed by atoms with Crippen LogP contribution in [0.5, 0.6) is 0 Å². The fourth-order valence-electron chi connectivity index (χ4n) is 10.8. The molecule has 74 heavy (non-hydrogen) atoms. The van der Waals surface area contributed by atoms with Crippen LogP contribution in [0.3, 0.4) is 0 Å². The number of hydrogen-bond donors (Lipinski definition) is 9. The average Bonchev–Trinajstić information content (AvgIpc) is 3.67. The van der Waals surface area contributed by atoms with Crippen LogP contribution in [0.4, 0.5) is 19.2 Å². The molecule has 6 aliphatic rings. The molecule has 2 aromatic rings. The lowest BCUT2D eigenvalue weighted by atomic mass is 9.81. The molecule has 4 aliphatic heterocycles. The summed E-state index contributed by atoms with van der Waals surface area (Å²) >= 11 is 0. The molecular formula is C51H73N5O18. The highest BCUT2D eigenvalue weighted by molar-refractivity contribution is 5.71. The Morgan fingerprint density at radius 3 is 1.91 bits per heavy atom. The largest absolute Gasteiger partial charge is 0.445 e. The third kappa shape index (κ3) is 13.2. The van der Waals surface area contributed by atoms with E-state index in [1.165, 1.54) is 11.9 Å². The molecule has 0 spiro atoms. The van der Waals surface area contributed by atoms with Gasteiger partial charge in [-0.25, -0.2) is 19.2 Å². The van der Waals surface area contributed by atoms with E-state index in [4.69, 9.17) is 42.6 Å². The number of likely N-dealkylation sites (N-methyl/N-ethyl adjacent to an activating group) is 1. The second-order valence-corrected chi connectivity index (χ2v) is 21.4. The number of carbonyl (C=O) groups excluding carboxylic acids is 4. The molecule has 23 heteroatoms.